The van der Waals surface area contributed by atoms with Crippen molar-refractivity contribution in [3.63, 3.8) is 0 Å². The molecular weight excluding hydrogens is 312 g/mol. The number of carbonyl (C=O) groups is 1. The van der Waals surface area contributed by atoms with Gasteiger partial charge in [-0.1, -0.05) is 30.3 Å². The molecule has 0 aromatic heterocycles. The fourth-order valence-corrected chi connectivity index (χ4v) is 3.73. The minimum Gasteiger partial charge on any atom is -0.376 e. The molecule has 1 saturated heterocycles. The van der Waals surface area contributed by atoms with E-state index in [-0.39, 0.29) is 11.5 Å². The summed E-state index contributed by atoms with van der Waals surface area (Å²) in [5, 5.41) is 8.73. The summed E-state index contributed by atoms with van der Waals surface area (Å²) in [6.45, 7) is 5.55. The highest BCUT2D eigenvalue weighted by molar-refractivity contribution is 5.76. The van der Waals surface area contributed by atoms with Crippen LogP contribution in [0.25, 0.3) is 0 Å². The lowest BCUT2D eigenvalue weighted by atomic mass is 9.75. The van der Waals surface area contributed by atoms with Gasteiger partial charge in [0.1, 0.15) is 0 Å². The maximum atomic E-state index is 12.6. The first-order chi connectivity index (χ1) is 11.9. The Morgan fingerprint density at radius 3 is 2.76 bits per heavy atom. The van der Waals surface area contributed by atoms with Gasteiger partial charge in [0, 0.05) is 26.6 Å². The van der Waals surface area contributed by atoms with Gasteiger partial charge in [-0.15, -0.1) is 0 Å². The van der Waals surface area contributed by atoms with Gasteiger partial charge >= 0.3 is 0 Å². The Kier molecular flexibility index (Phi) is 7.01. The lowest BCUT2D eigenvalue weighted by molar-refractivity contribution is -0.133. The summed E-state index contributed by atoms with van der Waals surface area (Å²) in [5.74, 6) is 0.931. The number of carbonyl (C=O) groups excluding carboxylic acids is 1. The van der Waals surface area contributed by atoms with Crippen molar-refractivity contribution in [1.29, 1.82) is 5.26 Å². The maximum Gasteiger partial charge on any atom is 0.222 e. The van der Waals surface area contributed by atoms with Crippen LogP contribution in [0.3, 0.4) is 0 Å². The summed E-state index contributed by atoms with van der Waals surface area (Å²) in [6.07, 6.45) is 3.84. The molecule has 4 nitrogen and oxygen atoms in total. The quantitative estimate of drug-likeness (QED) is 0.757. The topological polar surface area (TPSA) is 53.3 Å². The van der Waals surface area contributed by atoms with Gasteiger partial charge < -0.3 is 9.64 Å². The number of amides is 1. The van der Waals surface area contributed by atoms with E-state index in [0.717, 1.165) is 25.9 Å². The van der Waals surface area contributed by atoms with Crippen molar-refractivity contribution in [2.45, 2.75) is 51.6 Å². The van der Waals surface area contributed by atoms with Gasteiger partial charge in [0.05, 0.1) is 18.1 Å². The molecule has 1 fully saturated rings. The first-order valence-corrected chi connectivity index (χ1v) is 9.20. The smallest absolute Gasteiger partial charge is 0.222 e. The summed E-state index contributed by atoms with van der Waals surface area (Å²) in [7, 11) is 1.80. The fourth-order valence-electron chi connectivity index (χ4n) is 3.73. The molecule has 2 unspecified atom stereocenters. The van der Waals surface area contributed by atoms with Crippen molar-refractivity contribution in [2.24, 2.45) is 11.8 Å². The van der Waals surface area contributed by atoms with Crippen molar-refractivity contribution in [2.75, 3.05) is 20.2 Å². The lowest BCUT2D eigenvalue weighted by Crippen LogP contribution is -2.39. The Bertz CT molecular complexity index is 592. The molecule has 1 aliphatic rings. The Labute approximate surface area is 151 Å². The minimum absolute atomic E-state index is 0.117. The van der Waals surface area contributed by atoms with Crippen molar-refractivity contribution in [3.05, 3.63) is 35.9 Å². The first kappa shape index (κ1) is 19.5. The van der Waals surface area contributed by atoms with Crippen LogP contribution in [0.15, 0.2) is 30.3 Å². The summed E-state index contributed by atoms with van der Waals surface area (Å²) < 4.78 is 5.87. The van der Waals surface area contributed by atoms with Crippen LogP contribution in [-0.4, -0.2) is 36.6 Å². The van der Waals surface area contributed by atoms with E-state index in [1.165, 1.54) is 5.56 Å². The summed E-state index contributed by atoms with van der Waals surface area (Å²) in [5.41, 5.74) is 1.16. The lowest BCUT2D eigenvalue weighted by Gasteiger charge is -2.39. The third-order valence-electron chi connectivity index (χ3n) is 5.16. The Morgan fingerprint density at radius 2 is 2.12 bits per heavy atom. The van der Waals surface area contributed by atoms with Crippen LogP contribution in [0.1, 0.15) is 45.1 Å². The number of ether oxygens (including phenoxy) is 1. The Hall–Kier alpha value is -1.86. The third-order valence-corrected chi connectivity index (χ3v) is 5.16. The minimum atomic E-state index is -0.117. The van der Waals surface area contributed by atoms with Crippen LogP contribution in [-0.2, 0) is 16.0 Å². The standard InChI is InChI=1S/C21H30N2O2/c1-21(2)16-18(10-13-25-21)19(14-17-8-5-4-6-9-17)15-20(24)23(3)12-7-11-22/h4-6,8-9,18-19H,7,10,12-16H2,1-3H3. The van der Waals surface area contributed by atoms with Crippen molar-refractivity contribution in [1.82, 2.24) is 4.90 Å². The number of rotatable bonds is 7. The highest BCUT2D eigenvalue weighted by atomic mass is 16.5. The third kappa shape index (κ3) is 6.17. The zero-order valence-electron chi connectivity index (χ0n) is 15.7. The molecule has 2 atom stereocenters. The highest BCUT2D eigenvalue weighted by Crippen LogP contribution is 2.36. The van der Waals surface area contributed by atoms with Gasteiger partial charge in [-0.3, -0.25) is 4.79 Å². The van der Waals surface area contributed by atoms with Gasteiger partial charge in [0.25, 0.3) is 0 Å². The van der Waals surface area contributed by atoms with E-state index in [2.05, 4.69) is 44.2 Å². The Morgan fingerprint density at radius 1 is 1.40 bits per heavy atom. The molecule has 0 aliphatic carbocycles. The molecule has 1 heterocycles. The molecule has 1 aliphatic heterocycles. The van der Waals surface area contributed by atoms with E-state index in [0.29, 0.717) is 31.2 Å². The van der Waals surface area contributed by atoms with Crippen molar-refractivity contribution in [3.8, 4) is 6.07 Å². The van der Waals surface area contributed by atoms with E-state index in [1.807, 2.05) is 6.07 Å². The van der Waals surface area contributed by atoms with Crippen molar-refractivity contribution >= 4 is 5.91 Å². The number of nitriles is 1. The van der Waals surface area contributed by atoms with Gasteiger partial charge in [-0.05, 0) is 50.5 Å². The molecule has 0 spiro atoms. The number of hydrogen-bond donors (Lipinski definition) is 0. The molecule has 1 amide bonds. The average Bonchev–Trinajstić information content (AvgIpc) is 2.59. The molecular formula is C21H30N2O2. The first-order valence-electron chi connectivity index (χ1n) is 9.20. The molecule has 136 valence electrons. The predicted molar refractivity (Wildman–Crippen MR) is 98.9 cm³/mol. The van der Waals surface area contributed by atoms with Gasteiger partial charge in [0.15, 0.2) is 0 Å². The van der Waals surface area contributed by atoms with E-state index in [9.17, 15) is 4.79 Å². The molecule has 4 heteroatoms. The van der Waals surface area contributed by atoms with Crippen LogP contribution < -0.4 is 0 Å². The van der Waals surface area contributed by atoms with Crippen LogP contribution in [0.5, 0.6) is 0 Å². The van der Waals surface area contributed by atoms with E-state index < -0.39 is 0 Å². The fraction of sp³-hybridized carbons (Fsp3) is 0.619. The number of benzene rings is 1. The normalized spacial score (nSPS) is 20.5. The highest BCUT2D eigenvalue weighted by Gasteiger charge is 2.34. The maximum absolute atomic E-state index is 12.6. The summed E-state index contributed by atoms with van der Waals surface area (Å²) in [6, 6.07) is 12.5. The molecule has 1 aromatic rings. The molecule has 25 heavy (non-hydrogen) atoms. The molecule has 0 saturated carbocycles. The second-order valence-electron chi connectivity index (χ2n) is 7.74. The molecule has 1 aromatic carbocycles. The van der Waals surface area contributed by atoms with Crippen LogP contribution >= 0.6 is 0 Å². The average molecular weight is 342 g/mol. The van der Waals surface area contributed by atoms with Gasteiger partial charge in [-0.2, -0.15) is 5.26 Å². The van der Waals surface area contributed by atoms with E-state index >= 15 is 0 Å². The van der Waals surface area contributed by atoms with Gasteiger partial charge in [0.2, 0.25) is 5.91 Å². The van der Waals surface area contributed by atoms with Crippen LogP contribution in [0, 0.1) is 23.2 Å². The molecule has 0 N–H and O–H groups in total. The number of nitrogens with zero attached hydrogens (tertiary/aromatic N) is 2. The second kappa shape index (κ2) is 9.01. The molecule has 0 radical (unpaired) electrons. The number of hydrogen-bond acceptors (Lipinski definition) is 3. The van der Waals surface area contributed by atoms with E-state index in [4.69, 9.17) is 10.00 Å². The van der Waals surface area contributed by atoms with Gasteiger partial charge in [-0.25, -0.2) is 0 Å². The van der Waals surface area contributed by atoms with Crippen LogP contribution in [0.4, 0.5) is 0 Å². The predicted octanol–water partition coefficient (Wildman–Crippen LogP) is 3.81. The summed E-state index contributed by atoms with van der Waals surface area (Å²) in [4.78, 5) is 14.3. The van der Waals surface area contributed by atoms with Crippen molar-refractivity contribution < 1.29 is 9.53 Å². The monoisotopic (exact) mass is 342 g/mol. The molecule has 0 bridgehead atoms. The zero-order chi connectivity index (χ0) is 18.3. The molecule has 2 rings (SSSR count). The summed E-state index contributed by atoms with van der Waals surface area (Å²) >= 11 is 0. The second-order valence-corrected chi connectivity index (χ2v) is 7.74. The van der Waals surface area contributed by atoms with Crippen LogP contribution in [0.2, 0.25) is 0 Å². The van der Waals surface area contributed by atoms with E-state index in [1.54, 1.807) is 11.9 Å². The zero-order valence-corrected chi connectivity index (χ0v) is 15.7. The Balaban J connectivity index is 2.08. The largest absolute Gasteiger partial charge is 0.376 e. The SMILES string of the molecule is CN(CCC#N)C(=O)CC(Cc1ccccc1)C1CCOC(C)(C)C1.